The van der Waals surface area contributed by atoms with Crippen LogP contribution in [0.4, 0.5) is 0 Å². The van der Waals surface area contributed by atoms with Crippen molar-refractivity contribution in [3.8, 4) is 5.75 Å². The third-order valence-electron chi connectivity index (χ3n) is 4.80. The minimum atomic E-state index is -0.0230. The maximum Gasteiger partial charge on any atom is 0.253 e. The minimum absolute atomic E-state index is 0.0230. The van der Waals surface area contributed by atoms with Crippen LogP contribution in [0.25, 0.3) is 0 Å². The van der Waals surface area contributed by atoms with E-state index in [9.17, 15) is 9.90 Å². The first-order valence-corrected chi connectivity index (χ1v) is 9.61. The molecule has 1 fully saturated rings. The van der Waals surface area contributed by atoms with Crippen molar-refractivity contribution >= 4 is 17.2 Å². The molecule has 2 aromatic heterocycles. The number of thiazole rings is 1. The number of likely N-dealkylation sites (tertiary alicyclic amines) is 1. The summed E-state index contributed by atoms with van der Waals surface area (Å²) in [6, 6.07) is 6.54. The highest BCUT2D eigenvalue weighted by Gasteiger charge is 2.27. The quantitative estimate of drug-likeness (QED) is 0.768. The van der Waals surface area contributed by atoms with Gasteiger partial charge in [0.05, 0.1) is 17.7 Å². The number of amides is 1. The Bertz CT molecular complexity index is 883. The average molecular weight is 368 g/mol. The molecule has 7 heteroatoms. The zero-order chi connectivity index (χ0) is 17.9. The molecule has 0 bridgehead atoms. The first-order valence-electron chi connectivity index (χ1n) is 8.67. The molecule has 0 saturated carbocycles. The number of aromatic hydroxyl groups is 1. The van der Waals surface area contributed by atoms with Gasteiger partial charge in [-0.05, 0) is 31.0 Å². The molecule has 3 heterocycles. The van der Waals surface area contributed by atoms with Gasteiger partial charge in [0.2, 0.25) is 0 Å². The molecule has 26 heavy (non-hydrogen) atoms. The van der Waals surface area contributed by atoms with Crippen molar-refractivity contribution in [3.05, 3.63) is 64.6 Å². The maximum absolute atomic E-state index is 12.6. The number of phenols is 1. The van der Waals surface area contributed by atoms with Crippen molar-refractivity contribution in [2.45, 2.75) is 25.3 Å². The Hall–Kier alpha value is -2.67. The molecule has 1 aliphatic rings. The van der Waals surface area contributed by atoms with Gasteiger partial charge in [0.15, 0.2) is 0 Å². The number of piperidine rings is 1. The molecule has 0 unspecified atom stereocenters. The van der Waals surface area contributed by atoms with Crippen LogP contribution in [0.2, 0.25) is 0 Å². The lowest BCUT2D eigenvalue weighted by Crippen LogP contribution is -2.38. The normalized spacial score (nSPS) is 15.3. The summed E-state index contributed by atoms with van der Waals surface area (Å²) in [6.45, 7) is 2.13. The predicted octanol–water partition coefficient (Wildman–Crippen LogP) is 3.11. The van der Waals surface area contributed by atoms with Crippen molar-refractivity contribution in [1.82, 2.24) is 19.4 Å². The summed E-state index contributed by atoms with van der Waals surface area (Å²) in [5.74, 6) is 1.51. The molecule has 134 valence electrons. The standard InChI is InChI=1S/C19H20N4O2S/c24-17-3-1-2-15(10-17)19(25)22-7-4-14(5-8-22)18-20-6-9-23(18)11-16-12-26-13-21-16/h1-3,6,9-10,12-14,24H,4-5,7-8,11H2. The van der Waals surface area contributed by atoms with Crippen molar-refractivity contribution in [2.75, 3.05) is 13.1 Å². The molecular weight excluding hydrogens is 348 g/mol. The molecule has 0 spiro atoms. The fraction of sp³-hybridized carbons (Fsp3) is 0.316. The van der Waals surface area contributed by atoms with Gasteiger partial charge in [0.25, 0.3) is 5.91 Å². The van der Waals surface area contributed by atoms with E-state index in [1.54, 1.807) is 29.5 Å². The van der Waals surface area contributed by atoms with Crippen LogP contribution in [-0.2, 0) is 6.54 Å². The van der Waals surface area contributed by atoms with E-state index in [2.05, 4.69) is 19.9 Å². The number of imidazole rings is 1. The summed E-state index contributed by atoms with van der Waals surface area (Å²) in [5.41, 5.74) is 3.43. The molecule has 0 atom stereocenters. The SMILES string of the molecule is O=C(c1cccc(O)c1)N1CCC(c2nccn2Cc2cscn2)CC1. The topological polar surface area (TPSA) is 71.2 Å². The smallest absolute Gasteiger partial charge is 0.253 e. The monoisotopic (exact) mass is 368 g/mol. The number of benzene rings is 1. The summed E-state index contributed by atoms with van der Waals surface area (Å²) in [6.07, 6.45) is 5.61. The number of hydrogen-bond acceptors (Lipinski definition) is 5. The number of carbonyl (C=O) groups excluding carboxylic acids is 1. The van der Waals surface area contributed by atoms with Crippen LogP contribution in [0.15, 0.2) is 47.5 Å². The molecular formula is C19H20N4O2S. The number of nitrogens with zero attached hydrogens (tertiary/aromatic N) is 4. The fourth-order valence-electron chi connectivity index (χ4n) is 3.47. The minimum Gasteiger partial charge on any atom is -0.508 e. The van der Waals surface area contributed by atoms with Crippen LogP contribution in [0.5, 0.6) is 5.75 Å². The first kappa shape index (κ1) is 16.8. The van der Waals surface area contributed by atoms with E-state index in [4.69, 9.17) is 0 Å². The number of hydrogen-bond donors (Lipinski definition) is 1. The van der Waals surface area contributed by atoms with E-state index in [1.165, 1.54) is 6.07 Å². The predicted molar refractivity (Wildman–Crippen MR) is 99.4 cm³/mol. The van der Waals surface area contributed by atoms with Crippen LogP contribution in [0, 0.1) is 0 Å². The van der Waals surface area contributed by atoms with Gasteiger partial charge in [0, 0.05) is 42.3 Å². The van der Waals surface area contributed by atoms with Gasteiger partial charge < -0.3 is 14.6 Å². The van der Waals surface area contributed by atoms with Crippen LogP contribution in [0.1, 0.15) is 40.6 Å². The number of rotatable bonds is 4. The molecule has 1 amide bonds. The van der Waals surface area contributed by atoms with Crippen LogP contribution in [0.3, 0.4) is 0 Å². The first-order chi connectivity index (χ1) is 12.7. The number of phenolic OH excluding ortho intramolecular Hbond substituents is 1. The molecule has 0 radical (unpaired) electrons. The van der Waals surface area contributed by atoms with E-state index < -0.39 is 0 Å². The van der Waals surface area contributed by atoms with E-state index >= 15 is 0 Å². The van der Waals surface area contributed by atoms with Crippen molar-refractivity contribution < 1.29 is 9.90 Å². The summed E-state index contributed by atoms with van der Waals surface area (Å²) < 4.78 is 2.16. The van der Waals surface area contributed by atoms with Crippen molar-refractivity contribution in [1.29, 1.82) is 0 Å². The van der Waals surface area contributed by atoms with E-state index in [-0.39, 0.29) is 11.7 Å². The summed E-state index contributed by atoms with van der Waals surface area (Å²) in [7, 11) is 0. The molecule has 6 nitrogen and oxygen atoms in total. The number of aromatic nitrogens is 3. The molecule has 4 rings (SSSR count). The largest absolute Gasteiger partial charge is 0.508 e. The molecule has 1 aliphatic heterocycles. The highest BCUT2D eigenvalue weighted by molar-refractivity contribution is 7.07. The van der Waals surface area contributed by atoms with E-state index in [1.807, 2.05) is 22.8 Å². The zero-order valence-electron chi connectivity index (χ0n) is 14.3. The maximum atomic E-state index is 12.6. The Kier molecular flexibility index (Phi) is 4.71. The van der Waals surface area contributed by atoms with Crippen molar-refractivity contribution in [3.63, 3.8) is 0 Å². The molecule has 1 aromatic carbocycles. The second-order valence-corrected chi connectivity index (χ2v) is 7.23. The van der Waals surface area contributed by atoms with Gasteiger partial charge in [-0.1, -0.05) is 6.07 Å². The van der Waals surface area contributed by atoms with Gasteiger partial charge in [-0.25, -0.2) is 9.97 Å². The Balaban J connectivity index is 1.41. The molecule has 1 saturated heterocycles. The second-order valence-electron chi connectivity index (χ2n) is 6.51. The van der Waals surface area contributed by atoms with Crippen LogP contribution >= 0.6 is 11.3 Å². The molecule has 3 aromatic rings. The molecule has 0 aliphatic carbocycles. The zero-order valence-corrected chi connectivity index (χ0v) is 15.1. The number of carbonyl (C=O) groups is 1. The Morgan fingerprint density at radius 1 is 1.27 bits per heavy atom. The van der Waals surface area contributed by atoms with Crippen LogP contribution < -0.4 is 0 Å². The third kappa shape index (κ3) is 3.48. The summed E-state index contributed by atoms with van der Waals surface area (Å²) in [5, 5.41) is 11.6. The second kappa shape index (κ2) is 7.29. The van der Waals surface area contributed by atoms with Gasteiger partial charge >= 0.3 is 0 Å². The van der Waals surface area contributed by atoms with Gasteiger partial charge in [-0.15, -0.1) is 11.3 Å². The lowest BCUT2D eigenvalue weighted by atomic mass is 9.95. The third-order valence-corrected chi connectivity index (χ3v) is 5.44. The fourth-order valence-corrected chi connectivity index (χ4v) is 4.02. The molecule has 1 N–H and O–H groups in total. The highest BCUT2D eigenvalue weighted by Crippen LogP contribution is 2.28. The summed E-state index contributed by atoms with van der Waals surface area (Å²) in [4.78, 5) is 23.4. The summed E-state index contributed by atoms with van der Waals surface area (Å²) >= 11 is 1.60. The van der Waals surface area contributed by atoms with E-state index in [0.717, 1.165) is 30.9 Å². The van der Waals surface area contributed by atoms with Crippen LogP contribution in [-0.4, -0.2) is 43.5 Å². The highest BCUT2D eigenvalue weighted by atomic mass is 32.1. The average Bonchev–Trinajstić information content (AvgIpc) is 3.34. The Morgan fingerprint density at radius 2 is 2.12 bits per heavy atom. The lowest BCUT2D eigenvalue weighted by molar-refractivity contribution is 0.0710. The van der Waals surface area contributed by atoms with Gasteiger partial charge in [0.1, 0.15) is 11.6 Å². The Labute approximate surface area is 155 Å². The van der Waals surface area contributed by atoms with Gasteiger partial charge in [-0.3, -0.25) is 4.79 Å². The van der Waals surface area contributed by atoms with E-state index in [0.29, 0.717) is 24.6 Å². The Morgan fingerprint density at radius 3 is 2.85 bits per heavy atom. The van der Waals surface area contributed by atoms with Gasteiger partial charge in [-0.2, -0.15) is 0 Å². The lowest BCUT2D eigenvalue weighted by Gasteiger charge is -2.32. The van der Waals surface area contributed by atoms with Crippen molar-refractivity contribution in [2.24, 2.45) is 0 Å².